The first-order chi connectivity index (χ1) is 9.60. The average molecular weight is 306 g/mol. The van der Waals surface area contributed by atoms with Crippen LogP contribution in [0.15, 0.2) is 47.4 Å². The van der Waals surface area contributed by atoms with E-state index in [4.69, 9.17) is 11.6 Å². The maximum Gasteiger partial charge on any atom is 0.0541 e. The molecule has 0 saturated carbocycles. The van der Waals surface area contributed by atoms with Crippen LogP contribution >= 0.6 is 23.4 Å². The summed E-state index contributed by atoms with van der Waals surface area (Å²) in [7, 11) is 2.01. The molecule has 0 heterocycles. The second-order valence-corrected chi connectivity index (χ2v) is 6.47. The van der Waals surface area contributed by atoms with Crippen molar-refractivity contribution in [2.75, 3.05) is 12.8 Å². The number of aryl methyl sites for hydroxylation is 2. The van der Waals surface area contributed by atoms with Gasteiger partial charge in [-0.25, -0.2) is 0 Å². The molecule has 0 aliphatic rings. The van der Waals surface area contributed by atoms with Crippen LogP contribution in [0.2, 0.25) is 5.02 Å². The number of hydrogen-bond donors (Lipinski definition) is 1. The quantitative estimate of drug-likeness (QED) is 0.779. The molecule has 0 saturated heterocycles. The molecule has 20 heavy (non-hydrogen) atoms. The van der Waals surface area contributed by atoms with Gasteiger partial charge < -0.3 is 5.32 Å². The lowest BCUT2D eigenvalue weighted by molar-refractivity contribution is 0.661. The van der Waals surface area contributed by atoms with Gasteiger partial charge in [-0.1, -0.05) is 53.1 Å². The smallest absolute Gasteiger partial charge is 0.0541 e. The van der Waals surface area contributed by atoms with Crippen LogP contribution in [-0.4, -0.2) is 12.8 Å². The van der Waals surface area contributed by atoms with Crippen molar-refractivity contribution >= 4 is 23.4 Å². The van der Waals surface area contributed by atoms with E-state index in [9.17, 15) is 0 Å². The number of halogens is 1. The molecule has 0 aromatic heterocycles. The van der Waals surface area contributed by atoms with E-state index < -0.39 is 0 Å². The first kappa shape index (κ1) is 15.4. The summed E-state index contributed by atoms with van der Waals surface area (Å²) in [5, 5.41) is 4.23. The SMILES string of the molecule is CNC(CSc1ccccc1Cl)c1cc(C)cc(C)c1. The van der Waals surface area contributed by atoms with Gasteiger partial charge in [0.25, 0.3) is 0 Å². The van der Waals surface area contributed by atoms with E-state index in [2.05, 4.69) is 43.4 Å². The first-order valence-electron chi connectivity index (χ1n) is 6.73. The van der Waals surface area contributed by atoms with Gasteiger partial charge in [-0.05, 0) is 38.6 Å². The van der Waals surface area contributed by atoms with Gasteiger partial charge in [0, 0.05) is 16.7 Å². The van der Waals surface area contributed by atoms with Gasteiger partial charge in [-0.15, -0.1) is 11.8 Å². The Morgan fingerprint density at radius 1 is 1.10 bits per heavy atom. The fraction of sp³-hybridized carbons (Fsp3) is 0.294. The highest BCUT2D eigenvalue weighted by atomic mass is 35.5. The lowest BCUT2D eigenvalue weighted by atomic mass is 10.0. The molecular formula is C17H20ClNS. The van der Waals surface area contributed by atoms with Crippen molar-refractivity contribution in [1.82, 2.24) is 5.32 Å². The third kappa shape index (κ3) is 4.02. The maximum atomic E-state index is 6.21. The summed E-state index contributed by atoms with van der Waals surface area (Å²) >= 11 is 8.00. The molecule has 1 N–H and O–H groups in total. The highest BCUT2D eigenvalue weighted by molar-refractivity contribution is 7.99. The number of nitrogens with one attached hydrogen (secondary N) is 1. The van der Waals surface area contributed by atoms with Crippen LogP contribution in [0.3, 0.4) is 0 Å². The molecule has 1 nitrogen and oxygen atoms in total. The second kappa shape index (κ2) is 7.16. The molecule has 0 bridgehead atoms. The number of thioether (sulfide) groups is 1. The zero-order valence-electron chi connectivity index (χ0n) is 12.1. The van der Waals surface area contributed by atoms with E-state index in [1.165, 1.54) is 16.7 Å². The molecule has 106 valence electrons. The minimum atomic E-state index is 0.329. The Kier molecular flexibility index (Phi) is 5.53. The Balaban J connectivity index is 2.11. The fourth-order valence-electron chi connectivity index (χ4n) is 2.29. The predicted molar refractivity (Wildman–Crippen MR) is 89.9 cm³/mol. The van der Waals surface area contributed by atoms with E-state index in [1.54, 1.807) is 11.8 Å². The highest BCUT2D eigenvalue weighted by Crippen LogP contribution is 2.30. The average Bonchev–Trinajstić information content (AvgIpc) is 2.40. The van der Waals surface area contributed by atoms with E-state index in [-0.39, 0.29) is 0 Å². The van der Waals surface area contributed by atoms with Gasteiger partial charge in [-0.3, -0.25) is 0 Å². The summed E-state index contributed by atoms with van der Waals surface area (Å²) in [6, 6.07) is 15.0. The largest absolute Gasteiger partial charge is 0.312 e. The molecule has 1 unspecified atom stereocenters. The molecule has 0 spiro atoms. The molecule has 0 aliphatic heterocycles. The van der Waals surface area contributed by atoms with Crippen LogP contribution in [0.1, 0.15) is 22.7 Å². The van der Waals surface area contributed by atoms with E-state index in [0.29, 0.717) is 6.04 Å². The Morgan fingerprint density at radius 2 is 1.75 bits per heavy atom. The van der Waals surface area contributed by atoms with Crippen molar-refractivity contribution in [2.24, 2.45) is 0 Å². The topological polar surface area (TPSA) is 12.0 Å². The Bertz CT molecular complexity index is 563. The standard InChI is InChI=1S/C17H20ClNS/c1-12-8-13(2)10-14(9-12)16(19-3)11-20-17-7-5-4-6-15(17)18/h4-10,16,19H,11H2,1-3H3. The van der Waals surface area contributed by atoms with Gasteiger partial charge in [-0.2, -0.15) is 0 Å². The molecule has 0 fully saturated rings. The molecule has 2 aromatic carbocycles. The lowest BCUT2D eigenvalue weighted by Gasteiger charge is -2.18. The second-order valence-electron chi connectivity index (χ2n) is 5.00. The zero-order chi connectivity index (χ0) is 14.5. The monoisotopic (exact) mass is 305 g/mol. The van der Waals surface area contributed by atoms with Crippen molar-refractivity contribution in [1.29, 1.82) is 0 Å². The van der Waals surface area contributed by atoms with E-state index >= 15 is 0 Å². The third-order valence-corrected chi connectivity index (χ3v) is 4.85. The van der Waals surface area contributed by atoms with Gasteiger partial charge in [0.15, 0.2) is 0 Å². The molecular weight excluding hydrogens is 286 g/mol. The zero-order valence-corrected chi connectivity index (χ0v) is 13.7. The maximum absolute atomic E-state index is 6.21. The fourth-order valence-corrected chi connectivity index (χ4v) is 3.68. The van der Waals surface area contributed by atoms with Crippen molar-refractivity contribution in [3.63, 3.8) is 0 Å². The minimum Gasteiger partial charge on any atom is -0.312 e. The van der Waals surface area contributed by atoms with Crippen LogP contribution in [0.25, 0.3) is 0 Å². The summed E-state index contributed by atoms with van der Waals surface area (Å²) in [6.07, 6.45) is 0. The van der Waals surface area contributed by atoms with Crippen LogP contribution in [0, 0.1) is 13.8 Å². The Morgan fingerprint density at radius 3 is 2.35 bits per heavy atom. The van der Waals surface area contributed by atoms with Gasteiger partial charge in [0.2, 0.25) is 0 Å². The van der Waals surface area contributed by atoms with Crippen LogP contribution in [0.5, 0.6) is 0 Å². The van der Waals surface area contributed by atoms with Crippen molar-refractivity contribution in [3.8, 4) is 0 Å². The summed E-state index contributed by atoms with van der Waals surface area (Å²) < 4.78 is 0. The van der Waals surface area contributed by atoms with Crippen molar-refractivity contribution in [2.45, 2.75) is 24.8 Å². The summed E-state index contributed by atoms with van der Waals surface area (Å²) in [6.45, 7) is 4.29. The number of benzene rings is 2. The molecule has 2 aromatic rings. The summed E-state index contributed by atoms with van der Waals surface area (Å²) in [5.41, 5.74) is 3.95. The molecule has 2 rings (SSSR count). The van der Waals surface area contributed by atoms with Crippen LogP contribution in [0.4, 0.5) is 0 Å². The van der Waals surface area contributed by atoms with Gasteiger partial charge in [0.1, 0.15) is 0 Å². The van der Waals surface area contributed by atoms with Crippen molar-refractivity contribution in [3.05, 3.63) is 64.2 Å². The van der Waals surface area contributed by atoms with Gasteiger partial charge in [0.05, 0.1) is 5.02 Å². The Labute approximate surface area is 130 Å². The summed E-state index contributed by atoms with van der Waals surface area (Å²) in [5.74, 6) is 0.961. The molecule has 0 radical (unpaired) electrons. The normalized spacial score (nSPS) is 12.4. The summed E-state index contributed by atoms with van der Waals surface area (Å²) in [4.78, 5) is 1.14. The van der Waals surface area contributed by atoms with Crippen LogP contribution < -0.4 is 5.32 Å². The Hall–Kier alpha value is -0.960. The van der Waals surface area contributed by atoms with E-state index in [0.717, 1.165) is 15.7 Å². The lowest BCUT2D eigenvalue weighted by Crippen LogP contribution is -2.19. The van der Waals surface area contributed by atoms with Crippen molar-refractivity contribution < 1.29 is 0 Å². The minimum absolute atomic E-state index is 0.329. The molecule has 0 amide bonds. The number of hydrogen-bond acceptors (Lipinski definition) is 2. The van der Waals surface area contributed by atoms with Gasteiger partial charge >= 0.3 is 0 Å². The first-order valence-corrected chi connectivity index (χ1v) is 8.09. The molecule has 3 heteroatoms. The predicted octanol–water partition coefficient (Wildman–Crippen LogP) is 5.01. The van der Waals surface area contributed by atoms with Crippen LogP contribution in [-0.2, 0) is 0 Å². The molecule has 0 aliphatic carbocycles. The molecule has 1 atom stereocenters. The third-order valence-electron chi connectivity index (χ3n) is 3.24. The number of rotatable bonds is 5. The highest BCUT2D eigenvalue weighted by Gasteiger charge is 2.11. The van der Waals surface area contributed by atoms with E-state index in [1.807, 2.05) is 25.2 Å².